The van der Waals surface area contributed by atoms with Crippen molar-refractivity contribution in [2.45, 2.75) is 19.9 Å². The molecule has 0 atom stereocenters. The van der Waals surface area contributed by atoms with E-state index < -0.39 is 0 Å². The van der Waals surface area contributed by atoms with E-state index >= 15 is 0 Å². The number of likely N-dealkylation sites (N-methyl/N-ethyl adjacent to an activating group) is 1. The third kappa shape index (κ3) is 1.24. The summed E-state index contributed by atoms with van der Waals surface area (Å²) in [6.45, 7) is 5.43. The third-order valence-electron chi connectivity index (χ3n) is 1.55. The van der Waals surface area contributed by atoms with Crippen LogP contribution in [-0.4, -0.2) is 29.7 Å². The van der Waals surface area contributed by atoms with Crippen LogP contribution in [0.1, 0.15) is 13.8 Å². The lowest BCUT2D eigenvalue weighted by atomic mass is 10.4. The van der Waals surface area contributed by atoms with Crippen molar-refractivity contribution in [3.63, 3.8) is 0 Å². The molecule has 0 saturated heterocycles. The lowest BCUT2D eigenvalue weighted by Gasteiger charge is -2.28. The number of nitrogens with zero attached hydrogens (tertiary/aromatic N) is 2. The van der Waals surface area contributed by atoms with Gasteiger partial charge in [-0.25, -0.2) is 5.01 Å². The molecule has 2 heteroatoms. The van der Waals surface area contributed by atoms with Crippen molar-refractivity contribution in [2.75, 3.05) is 13.6 Å². The van der Waals surface area contributed by atoms with Gasteiger partial charge in [0, 0.05) is 25.8 Å². The SMILES string of the molecule is CC(C)N1C=CCN1C. The van der Waals surface area contributed by atoms with E-state index in [0.29, 0.717) is 6.04 Å². The molecule has 0 unspecified atom stereocenters. The van der Waals surface area contributed by atoms with E-state index in [9.17, 15) is 0 Å². The molecule has 1 rings (SSSR count). The molecule has 1 aliphatic heterocycles. The molecule has 0 N–H and O–H groups in total. The number of hydrogen-bond acceptors (Lipinski definition) is 2. The van der Waals surface area contributed by atoms with Crippen LogP contribution in [0.4, 0.5) is 0 Å². The van der Waals surface area contributed by atoms with E-state index in [1.807, 2.05) is 0 Å². The maximum atomic E-state index is 2.22. The molecule has 0 amide bonds. The average Bonchev–Trinajstić information content (AvgIpc) is 2.13. The summed E-state index contributed by atoms with van der Waals surface area (Å²) < 4.78 is 0. The molecule has 0 aromatic carbocycles. The lowest BCUT2D eigenvalue weighted by Crippen LogP contribution is -2.36. The molecule has 0 fully saturated rings. The molecule has 1 heterocycles. The Labute approximate surface area is 56.7 Å². The maximum Gasteiger partial charge on any atom is 0.0394 e. The topological polar surface area (TPSA) is 6.48 Å². The molecule has 0 radical (unpaired) electrons. The Morgan fingerprint density at radius 2 is 2.11 bits per heavy atom. The summed E-state index contributed by atoms with van der Waals surface area (Å²) in [5, 5.41) is 4.42. The minimum Gasteiger partial charge on any atom is -0.311 e. The van der Waals surface area contributed by atoms with Gasteiger partial charge >= 0.3 is 0 Å². The first-order chi connectivity index (χ1) is 4.22. The monoisotopic (exact) mass is 126 g/mol. The summed E-state index contributed by atoms with van der Waals surface area (Å²) >= 11 is 0. The van der Waals surface area contributed by atoms with Gasteiger partial charge in [-0.2, -0.15) is 0 Å². The van der Waals surface area contributed by atoms with Gasteiger partial charge in [0.1, 0.15) is 0 Å². The van der Waals surface area contributed by atoms with E-state index in [1.54, 1.807) is 0 Å². The van der Waals surface area contributed by atoms with Crippen molar-refractivity contribution >= 4 is 0 Å². The molecule has 52 valence electrons. The Balaban J connectivity index is 2.49. The van der Waals surface area contributed by atoms with Crippen LogP contribution in [0, 0.1) is 0 Å². The van der Waals surface area contributed by atoms with Gasteiger partial charge in [0.15, 0.2) is 0 Å². The number of hydrazine groups is 1. The smallest absolute Gasteiger partial charge is 0.0394 e. The fraction of sp³-hybridized carbons (Fsp3) is 0.714. The van der Waals surface area contributed by atoms with Gasteiger partial charge in [-0.3, -0.25) is 0 Å². The molecular weight excluding hydrogens is 112 g/mol. The Morgan fingerprint density at radius 3 is 2.33 bits per heavy atom. The van der Waals surface area contributed by atoms with Crippen LogP contribution in [0.5, 0.6) is 0 Å². The summed E-state index contributed by atoms with van der Waals surface area (Å²) in [5.74, 6) is 0. The predicted molar refractivity (Wildman–Crippen MR) is 38.7 cm³/mol. The minimum atomic E-state index is 0.591. The normalized spacial score (nSPS) is 20.2. The van der Waals surface area contributed by atoms with E-state index in [2.05, 4.69) is 43.2 Å². The second kappa shape index (κ2) is 2.40. The van der Waals surface area contributed by atoms with Crippen molar-refractivity contribution in [3.05, 3.63) is 12.3 Å². The van der Waals surface area contributed by atoms with Crippen molar-refractivity contribution in [2.24, 2.45) is 0 Å². The molecule has 2 nitrogen and oxygen atoms in total. The van der Waals surface area contributed by atoms with Gasteiger partial charge in [0.05, 0.1) is 0 Å². The highest BCUT2D eigenvalue weighted by atomic mass is 15.6. The van der Waals surface area contributed by atoms with E-state index in [-0.39, 0.29) is 0 Å². The van der Waals surface area contributed by atoms with Crippen LogP contribution < -0.4 is 0 Å². The quantitative estimate of drug-likeness (QED) is 0.518. The highest BCUT2D eigenvalue weighted by molar-refractivity contribution is 4.91. The van der Waals surface area contributed by atoms with E-state index in [1.165, 1.54) is 0 Å². The molecule has 0 aliphatic carbocycles. The minimum absolute atomic E-state index is 0.591. The molecule has 0 aromatic rings. The molecule has 1 aliphatic rings. The summed E-state index contributed by atoms with van der Waals surface area (Å²) in [5.41, 5.74) is 0. The van der Waals surface area contributed by atoms with Gasteiger partial charge in [-0.1, -0.05) is 6.08 Å². The molecule has 0 aromatic heterocycles. The fourth-order valence-corrected chi connectivity index (χ4v) is 1.08. The Morgan fingerprint density at radius 1 is 1.44 bits per heavy atom. The molecule has 0 bridgehead atoms. The van der Waals surface area contributed by atoms with Crippen LogP contribution in [-0.2, 0) is 0 Å². The molecular formula is C7H14N2. The first kappa shape index (κ1) is 6.62. The molecule has 9 heavy (non-hydrogen) atoms. The van der Waals surface area contributed by atoms with Crippen LogP contribution >= 0.6 is 0 Å². The summed E-state index contributed by atoms with van der Waals surface area (Å²) in [6.07, 6.45) is 4.30. The van der Waals surface area contributed by atoms with Crippen LogP contribution in [0.3, 0.4) is 0 Å². The first-order valence-corrected chi connectivity index (χ1v) is 3.38. The summed E-state index contributed by atoms with van der Waals surface area (Å²) in [4.78, 5) is 0. The fourth-order valence-electron chi connectivity index (χ4n) is 1.08. The van der Waals surface area contributed by atoms with Crippen molar-refractivity contribution < 1.29 is 0 Å². The van der Waals surface area contributed by atoms with E-state index in [4.69, 9.17) is 0 Å². The maximum absolute atomic E-state index is 2.22. The largest absolute Gasteiger partial charge is 0.311 e. The molecule has 0 spiro atoms. The average molecular weight is 126 g/mol. The first-order valence-electron chi connectivity index (χ1n) is 3.38. The van der Waals surface area contributed by atoms with Crippen molar-refractivity contribution in [1.29, 1.82) is 0 Å². The van der Waals surface area contributed by atoms with Crippen LogP contribution in [0.25, 0.3) is 0 Å². The Kier molecular flexibility index (Phi) is 1.76. The van der Waals surface area contributed by atoms with Gasteiger partial charge in [-0.15, -0.1) is 0 Å². The highest BCUT2D eigenvalue weighted by Crippen LogP contribution is 2.08. The van der Waals surface area contributed by atoms with Crippen molar-refractivity contribution in [1.82, 2.24) is 10.0 Å². The highest BCUT2D eigenvalue weighted by Gasteiger charge is 2.12. The van der Waals surface area contributed by atoms with E-state index in [0.717, 1.165) is 6.54 Å². The Bertz CT molecular complexity index is 118. The third-order valence-corrected chi connectivity index (χ3v) is 1.55. The zero-order chi connectivity index (χ0) is 6.85. The van der Waals surface area contributed by atoms with Crippen molar-refractivity contribution in [3.8, 4) is 0 Å². The predicted octanol–water partition coefficient (Wildman–Crippen LogP) is 1.07. The van der Waals surface area contributed by atoms with Gasteiger partial charge in [0.2, 0.25) is 0 Å². The number of rotatable bonds is 1. The summed E-state index contributed by atoms with van der Waals surface area (Å²) in [7, 11) is 2.10. The van der Waals surface area contributed by atoms with Crippen LogP contribution in [0.2, 0.25) is 0 Å². The molecule has 0 saturated carbocycles. The lowest BCUT2D eigenvalue weighted by molar-refractivity contribution is 0.0523. The summed E-state index contributed by atoms with van der Waals surface area (Å²) in [6, 6.07) is 0.591. The second-order valence-electron chi connectivity index (χ2n) is 2.70. The van der Waals surface area contributed by atoms with Gasteiger partial charge < -0.3 is 5.01 Å². The number of hydrogen-bond donors (Lipinski definition) is 0. The zero-order valence-electron chi connectivity index (χ0n) is 6.33. The Hall–Kier alpha value is -0.500. The van der Waals surface area contributed by atoms with Gasteiger partial charge in [-0.05, 0) is 13.8 Å². The second-order valence-corrected chi connectivity index (χ2v) is 2.70. The zero-order valence-corrected chi connectivity index (χ0v) is 6.33. The van der Waals surface area contributed by atoms with Gasteiger partial charge in [0.25, 0.3) is 0 Å². The van der Waals surface area contributed by atoms with Crippen LogP contribution in [0.15, 0.2) is 12.3 Å². The standard InChI is InChI=1S/C7H14N2/c1-7(2)9-6-4-5-8(9)3/h4,6-7H,5H2,1-3H3.